The third-order valence-corrected chi connectivity index (χ3v) is 23.1. The summed E-state index contributed by atoms with van der Waals surface area (Å²) in [4.78, 5) is 8.10. The molecule has 5 saturated carbocycles. The Bertz CT molecular complexity index is 4140. The van der Waals surface area contributed by atoms with E-state index < -0.39 is 0 Å². The fraction of sp³-hybridized carbons (Fsp3) is 0.325. The minimum atomic E-state index is -0.121. The zero-order valence-electron chi connectivity index (χ0n) is 50.9. The van der Waals surface area contributed by atoms with E-state index in [0.29, 0.717) is 11.8 Å². The van der Waals surface area contributed by atoms with Crippen LogP contribution in [0.1, 0.15) is 129 Å². The number of fused-ring (bicyclic) bond motifs is 13. The van der Waals surface area contributed by atoms with Gasteiger partial charge in [0.05, 0.1) is 11.4 Å². The zero-order chi connectivity index (χ0) is 57.5. The van der Waals surface area contributed by atoms with E-state index in [9.17, 15) is 0 Å². The Labute approximate surface area is 509 Å². The number of anilines is 8. The van der Waals surface area contributed by atoms with Crippen molar-refractivity contribution in [1.29, 1.82) is 0 Å². The molecule has 424 valence electrons. The van der Waals surface area contributed by atoms with E-state index in [1.807, 2.05) is 11.3 Å². The van der Waals surface area contributed by atoms with Gasteiger partial charge in [-0.3, -0.25) is 0 Å². The van der Waals surface area contributed by atoms with Gasteiger partial charge in [-0.05, 0) is 245 Å². The number of hydrogen-bond acceptors (Lipinski definition) is 4. The Balaban J connectivity index is 1.02. The maximum atomic E-state index is 2.83. The molecule has 3 nitrogen and oxygen atoms in total. The summed E-state index contributed by atoms with van der Waals surface area (Å²) in [6.07, 6.45) is 13.2. The molecule has 7 aliphatic rings. The molecule has 6 unspecified atom stereocenters. The second kappa shape index (κ2) is 20.1. The molecule has 2 aliphatic heterocycles. The van der Waals surface area contributed by atoms with Crippen LogP contribution in [0.4, 0.5) is 45.5 Å². The Morgan fingerprint density at radius 2 is 1.14 bits per heavy atom. The van der Waals surface area contributed by atoms with Crippen molar-refractivity contribution in [2.45, 2.75) is 129 Å². The lowest BCUT2D eigenvalue weighted by atomic mass is 9.46. The first kappa shape index (κ1) is 53.2. The molecule has 3 heterocycles. The second-order valence-corrected chi connectivity index (χ2v) is 30.0. The van der Waals surface area contributed by atoms with Gasteiger partial charge in [-0.15, -0.1) is 11.3 Å². The molecule has 0 N–H and O–H groups in total. The van der Waals surface area contributed by atoms with Crippen molar-refractivity contribution in [3.8, 4) is 22.3 Å². The predicted molar refractivity (Wildman–Crippen MR) is 365 cm³/mol. The van der Waals surface area contributed by atoms with Crippen LogP contribution in [0.2, 0.25) is 0 Å². The summed E-state index contributed by atoms with van der Waals surface area (Å²) in [5.41, 5.74) is 21.0. The average Bonchev–Trinajstić information content (AvgIpc) is 1.75. The first-order valence-corrected chi connectivity index (χ1v) is 33.2. The fourth-order valence-corrected chi connectivity index (χ4v) is 19.9. The van der Waals surface area contributed by atoms with Crippen molar-refractivity contribution in [1.82, 2.24) is 0 Å². The number of rotatable bonds is 8. The van der Waals surface area contributed by atoms with E-state index in [2.05, 4.69) is 263 Å². The van der Waals surface area contributed by atoms with Crippen LogP contribution in [0.5, 0.6) is 0 Å². The van der Waals surface area contributed by atoms with E-state index >= 15 is 0 Å². The number of thiophene rings is 1. The number of hydrogen-bond donors (Lipinski definition) is 0. The van der Waals surface area contributed by atoms with Crippen molar-refractivity contribution in [2.24, 2.45) is 35.5 Å². The van der Waals surface area contributed by atoms with Crippen LogP contribution in [-0.2, 0) is 16.2 Å². The van der Waals surface area contributed by atoms with E-state index in [1.54, 1.807) is 11.1 Å². The topological polar surface area (TPSA) is 9.72 Å². The van der Waals surface area contributed by atoms with Crippen LogP contribution in [0.15, 0.2) is 200 Å². The SMILES string of the molecule is CC1CC2CC(C)CC(c3ccc4c(c3)-c3cc(N(c5ccccc5)c5ccccc5)cc5c3B(c3sc6cc7ccccc7cc6c3N5c3ccc(C(C)(C)C)cc3-c3ccccc3)N4c3ccc(C45CCC(CC(C)C4)C(C)C5)cc3)(C1)C2. The molecule has 6 atom stereocenters. The van der Waals surface area contributed by atoms with E-state index in [4.69, 9.17) is 0 Å². The highest BCUT2D eigenvalue weighted by Crippen LogP contribution is 2.59. The average molecular weight is 1130 g/mol. The van der Waals surface area contributed by atoms with Gasteiger partial charge in [0, 0.05) is 60.1 Å². The van der Waals surface area contributed by atoms with Crippen LogP contribution in [0, 0.1) is 35.5 Å². The standard InChI is InChI=1S/C80H80BN3S/c1-51-37-55-38-52(2)48-80(47-51,50-55)62-30-34-72-68(43-62)69-44-66(82(63-23-13-9-14-24-63)64-25-15-10-16-26-64)45-73-75(69)81(84(72)65-31-27-60(28-32-65)79-36-35-57(54(4)49-79)39-53(3)46-79)77-76(70-40-58-21-17-18-22-59(58)41-74(70)85-77)83(73)71-33-29-61(78(5,6)7)42-67(71)56-19-11-8-12-20-56/h8-34,40-45,51-55,57H,35-39,46-50H2,1-7H3. The molecule has 0 amide bonds. The van der Waals surface area contributed by atoms with Crippen molar-refractivity contribution in [3.05, 3.63) is 217 Å². The third-order valence-electron chi connectivity index (χ3n) is 21.9. The van der Waals surface area contributed by atoms with Gasteiger partial charge in [-0.1, -0.05) is 164 Å². The first-order valence-electron chi connectivity index (χ1n) is 32.4. The molecule has 5 fully saturated rings. The summed E-state index contributed by atoms with van der Waals surface area (Å²) in [5.74, 6) is 4.55. The van der Waals surface area contributed by atoms with E-state index in [0.717, 1.165) is 40.7 Å². The summed E-state index contributed by atoms with van der Waals surface area (Å²) in [5, 5.41) is 3.84. The molecular weight excluding hydrogens is 1050 g/mol. The number of nitrogens with zero attached hydrogens (tertiary/aromatic N) is 3. The Morgan fingerprint density at radius 1 is 0.518 bits per heavy atom. The van der Waals surface area contributed by atoms with Gasteiger partial charge < -0.3 is 14.6 Å². The molecule has 1 aromatic heterocycles. The van der Waals surface area contributed by atoms with Crippen LogP contribution in [0.25, 0.3) is 43.1 Å². The van der Waals surface area contributed by atoms with Gasteiger partial charge in [0.15, 0.2) is 0 Å². The van der Waals surface area contributed by atoms with Crippen LogP contribution in [0.3, 0.4) is 0 Å². The van der Waals surface area contributed by atoms with Gasteiger partial charge in [0.2, 0.25) is 0 Å². The smallest absolute Gasteiger partial charge is 0.343 e. The van der Waals surface area contributed by atoms with Crippen LogP contribution in [-0.4, -0.2) is 6.85 Å². The van der Waals surface area contributed by atoms with Crippen molar-refractivity contribution in [2.75, 3.05) is 14.6 Å². The molecule has 5 aliphatic carbocycles. The highest BCUT2D eigenvalue weighted by molar-refractivity contribution is 7.32. The van der Waals surface area contributed by atoms with Gasteiger partial charge >= 0.3 is 6.85 Å². The summed E-state index contributed by atoms with van der Waals surface area (Å²) >= 11 is 2.02. The number of para-hydroxylation sites is 2. The minimum Gasteiger partial charge on any atom is -0.376 e. The lowest BCUT2D eigenvalue weighted by molar-refractivity contribution is 0.0781. The van der Waals surface area contributed by atoms with Crippen LogP contribution < -0.4 is 24.9 Å². The molecular formula is C80H80BN3S. The summed E-state index contributed by atoms with van der Waals surface area (Å²) < 4.78 is 2.71. The summed E-state index contributed by atoms with van der Waals surface area (Å²) in [6, 6.07) is 78.4. The molecule has 9 aromatic carbocycles. The molecule has 17 rings (SSSR count). The Morgan fingerprint density at radius 3 is 1.82 bits per heavy atom. The predicted octanol–water partition coefficient (Wildman–Crippen LogP) is 21.4. The molecule has 0 spiro atoms. The van der Waals surface area contributed by atoms with E-state index in [-0.39, 0.29) is 23.1 Å². The monoisotopic (exact) mass is 1130 g/mol. The molecule has 85 heavy (non-hydrogen) atoms. The molecule has 4 bridgehead atoms. The molecule has 0 radical (unpaired) electrons. The third kappa shape index (κ3) is 8.78. The Hall–Kier alpha value is -7.34. The minimum absolute atomic E-state index is 0.0614. The van der Waals surface area contributed by atoms with Crippen molar-refractivity contribution >= 4 is 94.8 Å². The highest BCUT2D eigenvalue weighted by Gasteiger charge is 2.51. The zero-order valence-corrected chi connectivity index (χ0v) is 51.7. The maximum Gasteiger partial charge on any atom is 0.343 e. The largest absolute Gasteiger partial charge is 0.376 e. The molecule has 5 heteroatoms. The van der Waals surface area contributed by atoms with Gasteiger partial charge in [0.25, 0.3) is 0 Å². The van der Waals surface area contributed by atoms with Gasteiger partial charge in [-0.2, -0.15) is 0 Å². The van der Waals surface area contributed by atoms with E-state index in [1.165, 1.54) is 152 Å². The highest BCUT2D eigenvalue weighted by atomic mass is 32.1. The summed E-state index contributed by atoms with van der Waals surface area (Å²) in [6.45, 7) is 17.1. The quantitative estimate of drug-likeness (QED) is 0.140. The molecule has 10 aromatic rings. The van der Waals surface area contributed by atoms with Gasteiger partial charge in [0.1, 0.15) is 0 Å². The van der Waals surface area contributed by atoms with Crippen LogP contribution >= 0.6 is 11.3 Å². The van der Waals surface area contributed by atoms with Crippen molar-refractivity contribution < 1.29 is 0 Å². The van der Waals surface area contributed by atoms with Crippen molar-refractivity contribution in [3.63, 3.8) is 0 Å². The summed E-state index contributed by atoms with van der Waals surface area (Å²) in [7, 11) is 0. The lowest BCUT2D eigenvalue weighted by Crippen LogP contribution is -2.60. The van der Waals surface area contributed by atoms with Gasteiger partial charge in [-0.25, -0.2) is 0 Å². The number of benzene rings is 9. The Kier molecular flexibility index (Phi) is 12.6. The fourth-order valence-electron chi connectivity index (χ4n) is 18.6. The maximum absolute atomic E-state index is 2.83. The second-order valence-electron chi connectivity index (χ2n) is 28.9. The molecule has 0 saturated heterocycles. The first-order chi connectivity index (χ1) is 41.3. The normalized spacial score (nSPS) is 24.9. The lowest BCUT2D eigenvalue weighted by Gasteiger charge is -2.51.